The first-order chi connectivity index (χ1) is 10.2. The Balaban J connectivity index is 3.28. The van der Waals surface area contributed by atoms with Crippen molar-refractivity contribution in [1.29, 1.82) is 0 Å². The summed E-state index contributed by atoms with van der Waals surface area (Å²) in [4.78, 5) is 0. The van der Waals surface area contributed by atoms with Gasteiger partial charge in [-0.2, -0.15) is 0 Å². The van der Waals surface area contributed by atoms with Crippen molar-refractivity contribution >= 4 is 0 Å². The molecule has 0 aliphatic rings. The number of hydrogen-bond donors (Lipinski definition) is 1. The predicted octanol–water partition coefficient (Wildman–Crippen LogP) is 5.64. The van der Waals surface area contributed by atoms with Crippen LogP contribution in [0.25, 0.3) is 0 Å². The molecule has 0 amide bonds. The second-order valence-electron chi connectivity index (χ2n) is 6.20. The van der Waals surface area contributed by atoms with Crippen molar-refractivity contribution in [3.05, 3.63) is 12.7 Å². The molecule has 0 aliphatic heterocycles. The van der Waals surface area contributed by atoms with Crippen LogP contribution in [0.3, 0.4) is 0 Å². The van der Waals surface area contributed by atoms with Crippen molar-refractivity contribution in [3.8, 4) is 0 Å². The number of unbranched alkanes of at least 4 members (excludes halogenated alkanes) is 9. The van der Waals surface area contributed by atoms with Gasteiger partial charge < -0.3 is 9.84 Å². The summed E-state index contributed by atoms with van der Waals surface area (Å²) in [6.45, 7) is 5.78. The zero-order valence-electron chi connectivity index (χ0n) is 14.5. The lowest BCUT2D eigenvalue weighted by atomic mass is 10.0. The first-order valence-electron chi connectivity index (χ1n) is 9.06. The SMILES string of the molecule is C=CCCCCCCCCCCCC(CC(O)CC)OC. The Morgan fingerprint density at radius 2 is 1.48 bits per heavy atom. The minimum atomic E-state index is -0.198. The molecule has 0 aromatic rings. The van der Waals surface area contributed by atoms with Crippen LogP contribution in [0.15, 0.2) is 12.7 Å². The highest BCUT2D eigenvalue weighted by atomic mass is 16.5. The van der Waals surface area contributed by atoms with Crippen molar-refractivity contribution < 1.29 is 9.84 Å². The van der Waals surface area contributed by atoms with Crippen LogP contribution in [0.2, 0.25) is 0 Å². The van der Waals surface area contributed by atoms with Gasteiger partial charge >= 0.3 is 0 Å². The van der Waals surface area contributed by atoms with Crippen molar-refractivity contribution in [3.63, 3.8) is 0 Å². The normalized spacial score (nSPS) is 14.0. The van der Waals surface area contributed by atoms with Crippen molar-refractivity contribution in [2.24, 2.45) is 0 Å². The van der Waals surface area contributed by atoms with Crippen LogP contribution in [0.5, 0.6) is 0 Å². The number of methoxy groups -OCH3 is 1. The molecule has 126 valence electrons. The molecule has 0 bridgehead atoms. The van der Waals surface area contributed by atoms with Gasteiger partial charge in [0.1, 0.15) is 0 Å². The van der Waals surface area contributed by atoms with E-state index in [4.69, 9.17) is 4.74 Å². The van der Waals surface area contributed by atoms with Crippen LogP contribution in [0.4, 0.5) is 0 Å². The van der Waals surface area contributed by atoms with E-state index in [0.29, 0.717) is 0 Å². The molecule has 0 spiro atoms. The fourth-order valence-corrected chi connectivity index (χ4v) is 2.70. The molecule has 2 nitrogen and oxygen atoms in total. The number of allylic oxidation sites excluding steroid dienone is 1. The van der Waals surface area contributed by atoms with Gasteiger partial charge in [-0.1, -0.05) is 64.4 Å². The zero-order chi connectivity index (χ0) is 15.8. The molecule has 0 aromatic carbocycles. The van der Waals surface area contributed by atoms with Crippen LogP contribution in [-0.4, -0.2) is 24.4 Å². The summed E-state index contributed by atoms with van der Waals surface area (Å²) < 4.78 is 5.45. The Morgan fingerprint density at radius 3 is 1.95 bits per heavy atom. The monoisotopic (exact) mass is 298 g/mol. The summed E-state index contributed by atoms with van der Waals surface area (Å²) in [7, 11) is 1.76. The minimum Gasteiger partial charge on any atom is -0.393 e. The lowest BCUT2D eigenvalue weighted by Gasteiger charge is -2.18. The van der Waals surface area contributed by atoms with Gasteiger partial charge in [0.25, 0.3) is 0 Å². The summed E-state index contributed by atoms with van der Waals surface area (Å²) >= 11 is 0. The second-order valence-corrected chi connectivity index (χ2v) is 6.20. The van der Waals surface area contributed by atoms with E-state index in [1.54, 1.807) is 7.11 Å². The van der Waals surface area contributed by atoms with E-state index in [0.717, 1.165) is 19.3 Å². The molecular formula is C19H38O2. The summed E-state index contributed by atoms with van der Waals surface area (Å²) in [5, 5.41) is 9.65. The van der Waals surface area contributed by atoms with Gasteiger partial charge in [-0.25, -0.2) is 0 Å². The van der Waals surface area contributed by atoms with Crippen LogP contribution in [0, 0.1) is 0 Å². The summed E-state index contributed by atoms with van der Waals surface area (Å²) in [5.74, 6) is 0. The zero-order valence-corrected chi connectivity index (χ0v) is 14.5. The molecule has 0 aromatic heterocycles. The van der Waals surface area contributed by atoms with Crippen LogP contribution in [0.1, 0.15) is 90.4 Å². The fourth-order valence-electron chi connectivity index (χ4n) is 2.70. The highest BCUT2D eigenvalue weighted by Gasteiger charge is 2.11. The molecule has 0 aliphatic carbocycles. The van der Waals surface area contributed by atoms with Gasteiger partial charge in [-0.05, 0) is 32.1 Å². The maximum Gasteiger partial charge on any atom is 0.0596 e. The first-order valence-corrected chi connectivity index (χ1v) is 9.06. The van der Waals surface area contributed by atoms with Crippen molar-refractivity contribution in [2.45, 2.75) is 103 Å². The highest BCUT2D eigenvalue weighted by molar-refractivity contribution is 4.65. The third kappa shape index (κ3) is 14.4. The molecule has 0 radical (unpaired) electrons. The molecule has 0 rings (SSSR count). The summed E-state index contributed by atoms with van der Waals surface area (Å²) in [6, 6.07) is 0. The standard InChI is InChI=1S/C19H38O2/c1-4-6-7-8-9-10-11-12-13-14-15-16-19(21-3)17-18(20)5-2/h4,18-20H,1,5-17H2,2-3H3. The van der Waals surface area contributed by atoms with E-state index in [2.05, 4.69) is 6.58 Å². The average Bonchev–Trinajstić information content (AvgIpc) is 2.51. The quantitative estimate of drug-likeness (QED) is 0.295. The largest absolute Gasteiger partial charge is 0.393 e. The fraction of sp³-hybridized carbons (Fsp3) is 0.895. The van der Waals surface area contributed by atoms with Crippen molar-refractivity contribution in [2.75, 3.05) is 7.11 Å². The van der Waals surface area contributed by atoms with Crippen LogP contribution in [-0.2, 0) is 4.74 Å². The lowest BCUT2D eigenvalue weighted by molar-refractivity contribution is 0.0376. The number of ether oxygens (including phenoxy) is 1. The summed E-state index contributed by atoms with van der Waals surface area (Å²) in [6.07, 6.45) is 18.0. The number of rotatable bonds is 16. The number of hydrogen-bond acceptors (Lipinski definition) is 2. The van der Waals surface area contributed by atoms with E-state index in [1.807, 2.05) is 13.0 Å². The molecule has 0 heterocycles. The maximum atomic E-state index is 9.65. The molecule has 0 saturated heterocycles. The first kappa shape index (κ1) is 20.7. The third-order valence-electron chi connectivity index (χ3n) is 4.27. The second kappa shape index (κ2) is 16.0. The Labute approximate surface area is 133 Å². The van der Waals surface area contributed by atoms with E-state index < -0.39 is 0 Å². The average molecular weight is 299 g/mol. The van der Waals surface area contributed by atoms with E-state index >= 15 is 0 Å². The highest BCUT2D eigenvalue weighted by Crippen LogP contribution is 2.15. The lowest BCUT2D eigenvalue weighted by Crippen LogP contribution is -2.19. The minimum absolute atomic E-state index is 0.198. The van der Waals surface area contributed by atoms with E-state index in [-0.39, 0.29) is 12.2 Å². The Kier molecular flexibility index (Phi) is 15.8. The van der Waals surface area contributed by atoms with Gasteiger partial charge in [0.2, 0.25) is 0 Å². The molecule has 0 fully saturated rings. The Morgan fingerprint density at radius 1 is 0.952 bits per heavy atom. The van der Waals surface area contributed by atoms with E-state index in [1.165, 1.54) is 64.2 Å². The molecule has 2 unspecified atom stereocenters. The van der Waals surface area contributed by atoms with Crippen molar-refractivity contribution in [1.82, 2.24) is 0 Å². The summed E-state index contributed by atoms with van der Waals surface area (Å²) in [5.41, 5.74) is 0. The predicted molar refractivity (Wildman–Crippen MR) is 92.7 cm³/mol. The molecule has 21 heavy (non-hydrogen) atoms. The van der Waals surface area contributed by atoms with E-state index in [9.17, 15) is 5.11 Å². The van der Waals surface area contributed by atoms with Gasteiger partial charge in [0.15, 0.2) is 0 Å². The third-order valence-corrected chi connectivity index (χ3v) is 4.27. The molecule has 2 heteroatoms. The van der Waals surface area contributed by atoms with Gasteiger partial charge in [-0.15, -0.1) is 6.58 Å². The van der Waals surface area contributed by atoms with Crippen LogP contribution < -0.4 is 0 Å². The van der Waals surface area contributed by atoms with Gasteiger partial charge in [0.05, 0.1) is 12.2 Å². The Bertz CT molecular complexity index is 216. The molecule has 1 N–H and O–H groups in total. The molecular weight excluding hydrogens is 260 g/mol. The molecule has 0 saturated carbocycles. The smallest absolute Gasteiger partial charge is 0.0596 e. The maximum absolute atomic E-state index is 9.65. The molecule has 2 atom stereocenters. The van der Waals surface area contributed by atoms with Gasteiger partial charge in [-0.3, -0.25) is 0 Å². The number of aliphatic hydroxyl groups excluding tert-OH is 1. The topological polar surface area (TPSA) is 29.5 Å². The number of aliphatic hydroxyl groups is 1. The van der Waals surface area contributed by atoms with Gasteiger partial charge in [0, 0.05) is 7.11 Å². The Hall–Kier alpha value is -0.340. The van der Waals surface area contributed by atoms with Crippen LogP contribution >= 0.6 is 0 Å².